The molecule has 164 valence electrons. The van der Waals surface area contributed by atoms with Crippen LogP contribution in [0.5, 0.6) is 0 Å². The number of likely N-dealkylation sites (N-methyl/N-ethyl adjacent to an activating group) is 1. The monoisotopic (exact) mass is 481 g/mol. The molecule has 0 saturated carbocycles. The van der Waals surface area contributed by atoms with E-state index in [9.17, 15) is 12.8 Å². The van der Waals surface area contributed by atoms with E-state index in [1.165, 1.54) is 41.1 Å². The van der Waals surface area contributed by atoms with Gasteiger partial charge in [0.25, 0.3) is 10.0 Å². The fraction of sp³-hybridized carbons (Fsp3) is 0.250. The van der Waals surface area contributed by atoms with Gasteiger partial charge in [-0.1, -0.05) is 11.6 Å². The smallest absolute Gasteiger partial charge is 0.263 e. The summed E-state index contributed by atoms with van der Waals surface area (Å²) < 4.78 is 41.5. The topological polar surface area (TPSA) is 86.4 Å². The highest BCUT2D eigenvalue weighted by molar-refractivity contribution is 7.92. The van der Waals surface area contributed by atoms with Crippen molar-refractivity contribution in [3.05, 3.63) is 58.1 Å². The molecule has 1 aromatic heterocycles. The van der Waals surface area contributed by atoms with E-state index in [1.807, 2.05) is 7.05 Å². The zero-order valence-corrected chi connectivity index (χ0v) is 19.0. The average molecular weight is 482 g/mol. The lowest BCUT2D eigenvalue weighted by Crippen LogP contribution is -2.29. The molecule has 11 heteroatoms. The fourth-order valence-corrected chi connectivity index (χ4v) is 5.33. The van der Waals surface area contributed by atoms with E-state index < -0.39 is 10.0 Å². The van der Waals surface area contributed by atoms with Gasteiger partial charge >= 0.3 is 0 Å². The Morgan fingerprint density at radius 2 is 2.03 bits per heavy atom. The lowest BCUT2D eigenvalue weighted by Gasteiger charge is -2.23. The number of benzene rings is 2. The van der Waals surface area contributed by atoms with Crippen LogP contribution in [0.15, 0.2) is 52.2 Å². The number of nitrogens with one attached hydrogen (secondary N) is 3. The summed E-state index contributed by atoms with van der Waals surface area (Å²) >= 11 is 7.68. The summed E-state index contributed by atoms with van der Waals surface area (Å²) in [5, 5.41) is 8.29. The van der Waals surface area contributed by atoms with Crippen molar-refractivity contribution in [2.45, 2.75) is 17.4 Å². The first-order valence-corrected chi connectivity index (χ1v) is 12.4. The molecule has 1 aliphatic rings. The molecule has 2 heterocycles. The fourth-order valence-electron chi connectivity index (χ4n) is 3.46. The summed E-state index contributed by atoms with van der Waals surface area (Å²) in [6, 6.07) is 9.28. The highest BCUT2D eigenvalue weighted by atomic mass is 35.5. The van der Waals surface area contributed by atoms with E-state index in [2.05, 4.69) is 25.2 Å². The first-order chi connectivity index (χ1) is 14.9. The Morgan fingerprint density at radius 3 is 2.71 bits per heavy atom. The summed E-state index contributed by atoms with van der Waals surface area (Å²) in [5.41, 5.74) is 3.48. The standard InChI is InChI=1S/C20H21ClFN5O2S2/c1-23-14-6-7-27(10-14)19-8-13(22)2-4-18(19)25-17-5-3-15(9-16(17)21)31(28,29)26-20-11-30-12-24-20/h2-5,8-9,11-12,14,23,25-26H,6-7,10H2,1H3/t14-/m1/s1. The van der Waals surface area contributed by atoms with Crippen LogP contribution in [0, 0.1) is 5.82 Å². The van der Waals surface area contributed by atoms with Gasteiger partial charge in [-0.2, -0.15) is 0 Å². The Morgan fingerprint density at radius 1 is 1.23 bits per heavy atom. The molecule has 0 amide bonds. The van der Waals surface area contributed by atoms with Crippen LogP contribution in [0.2, 0.25) is 5.02 Å². The summed E-state index contributed by atoms with van der Waals surface area (Å²) in [6.07, 6.45) is 0.964. The molecule has 0 unspecified atom stereocenters. The summed E-state index contributed by atoms with van der Waals surface area (Å²) in [6.45, 7) is 1.57. The van der Waals surface area contributed by atoms with Gasteiger partial charge in [0.2, 0.25) is 0 Å². The minimum atomic E-state index is -3.81. The second kappa shape index (κ2) is 8.99. The Bertz CT molecular complexity index is 1170. The predicted molar refractivity (Wildman–Crippen MR) is 124 cm³/mol. The maximum absolute atomic E-state index is 14.0. The van der Waals surface area contributed by atoms with Crippen LogP contribution in [-0.4, -0.2) is 39.6 Å². The van der Waals surface area contributed by atoms with Crippen molar-refractivity contribution in [2.24, 2.45) is 0 Å². The molecule has 3 aromatic rings. The molecule has 0 bridgehead atoms. The third-order valence-corrected chi connectivity index (χ3v) is 7.34. The molecule has 2 aromatic carbocycles. The molecule has 0 spiro atoms. The highest BCUT2D eigenvalue weighted by Gasteiger charge is 2.24. The maximum atomic E-state index is 14.0. The van der Waals surface area contributed by atoms with Crippen molar-refractivity contribution in [1.29, 1.82) is 0 Å². The number of hydrogen-bond acceptors (Lipinski definition) is 7. The van der Waals surface area contributed by atoms with Gasteiger partial charge in [-0.15, -0.1) is 11.3 Å². The maximum Gasteiger partial charge on any atom is 0.263 e. The third-order valence-electron chi connectivity index (χ3n) is 5.09. The molecule has 0 radical (unpaired) electrons. The quantitative estimate of drug-likeness (QED) is 0.467. The van der Waals surface area contributed by atoms with E-state index >= 15 is 0 Å². The van der Waals surface area contributed by atoms with Crippen LogP contribution in [0.3, 0.4) is 0 Å². The van der Waals surface area contributed by atoms with Gasteiger partial charge < -0.3 is 15.5 Å². The van der Waals surface area contributed by atoms with E-state index in [-0.39, 0.29) is 21.6 Å². The van der Waals surface area contributed by atoms with Crippen molar-refractivity contribution in [1.82, 2.24) is 10.3 Å². The number of sulfonamides is 1. The molecule has 4 rings (SSSR count). The van der Waals surface area contributed by atoms with Crippen LogP contribution in [0.25, 0.3) is 0 Å². The second-order valence-electron chi connectivity index (χ2n) is 7.13. The molecule has 3 N–H and O–H groups in total. The number of anilines is 4. The van der Waals surface area contributed by atoms with Crippen molar-refractivity contribution in [3.8, 4) is 0 Å². The zero-order valence-electron chi connectivity index (χ0n) is 16.6. The van der Waals surface area contributed by atoms with E-state index in [0.717, 1.165) is 25.2 Å². The predicted octanol–water partition coefficient (Wildman–Crippen LogP) is 4.28. The Labute approximate surface area is 189 Å². The van der Waals surface area contributed by atoms with Crippen LogP contribution in [0.4, 0.5) is 27.3 Å². The summed E-state index contributed by atoms with van der Waals surface area (Å²) in [4.78, 5) is 6.06. The molecule has 1 saturated heterocycles. The van der Waals surface area contributed by atoms with Gasteiger partial charge in [0.15, 0.2) is 5.82 Å². The van der Waals surface area contributed by atoms with Gasteiger partial charge in [-0.25, -0.2) is 17.8 Å². The second-order valence-corrected chi connectivity index (χ2v) is 9.94. The number of aromatic nitrogens is 1. The largest absolute Gasteiger partial charge is 0.368 e. The SMILES string of the molecule is CN[C@@H]1CCN(c2cc(F)ccc2Nc2ccc(S(=O)(=O)Nc3cscn3)cc2Cl)C1. The molecule has 1 fully saturated rings. The van der Waals surface area contributed by atoms with E-state index in [0.29, 0.717) is 17.4 Å². The minimum absolute atomic E-state index is 0.0202. The van der Waals surface area contributed by atoms with Crippen LogP contribution in [-0.2, 0) is 10.0 Å². The van der Waals surface area contributed by atoms with Gasteiger partial charge in [0.1, 0.15) is 5.82 Å². The lowest BCUT2D eigenvalue weighted by molar-refractivity contribution is 0.601. The summed E-state index contributed by atoms with van der Waals surface area (Å²) in [7, 11) is -1.90. The van der Waals surface area contributed by atoms with Crippen LogP contribution >= 0.6 is 22.9 Å². The molecule has 7 nitrogen and oxygen atoms in total. The first kappa shape index (κ1) is 21.8. The van der Waals surface area contributed by atoms with Crippen molar-refractivity contribution >= 4 is 55.8 Å². The summed E-state index contributed by atoms with van der Waals surface area (Å²) in [5.74, 6) is -0.0705. The number of hydrogen-bond donors (Lipinski definition) is 3. The minimum Gasteiger partial charge on any atom is -0.368 e. The van der Waals surface area contributed by atoms with Crippen molar-refractivity contribution < 1.29 is 12.8 Å². The van der Waals surface area contributed by atoms with Crippen LogP contribution < -0.4 is 20.3 Å². The number of nitrogens with zero attached hydrogens (tertiary/aromatic N) is 2. The Kier molecular flexibility index (Phi) is 6.33. The molecule has 1 atom stereocenters. The molecular formula is C20H21ClFN5O2S2. The van der Waals surface area contributed by atoms with Crippen molar-refractivity contribution in [2.75, 3.05) is 35.1 Å². The van der Waals surface area contributed by atoms with Gasteiger partial charge in [0, 0.05) is 24.5 Å². The number of rotatable bonds is 7. The Balaban J connectivity index is 1.58. The van der Waals surface area contributed by atoms with Crippen LogP contribution in [0.1, 0.15) is 6.42 Å². The van der Waals surface area contributed by atoms with Gasteiger partial charge in [-0.05, 0) is 49.9 Å². The lowest BCUT2D eigenvalue weighted by atomic mass is 10.2. The van der Waals surface area contributed by atoms with Gasteiger partial charge in [-0.3, -0.25) is 4.72 Å². The molecule has 0 aliphatic carbocycles. The number of thiazole rings is 1. The third kappa shape index (κ3) is 4.93. The van der Waals surface area contributed by atoms with E-state index in [4.69, 9.17) is 11.6 Å². The normalized spacial score (nSPS) is 16.5. The van der Waals surface area contributed by atoms with Gasteiger partial charge in [0.05, 0.1) is 32.5 Å². The molecule has 1 aliphatic heterocycles. The Hall–Kier alpha value is -2.40. The first-order valence-electron chi connectivity index (χ1n) is 9.55. The van der Waals surface area contributed by atoms with Crippen molar-refractivity contribution in [3.63, 3.8) is 0 Å². The zero-order chi connectivity index (χ0) is 22.0. The average Bonchev–Trinajstić information content (AvgIpc) is 3.42. The van der Waals surface area contributed by atoms with E-state index in [1.54, 1.807) is 17.5 Å². The molecule has 31 heavy (non-hydrogen) atoms. The highest BCUT2D eigenvalue weighted by Crippen LogP contribution is 2.35. The number of halogens is 2. The molecular weight excluding hydrogens is 461 g/mol.